The number of ether oxygens (including phenoxy) is 1. The van der Waals surface area contributed by atoms with Gasteiger partial charge in [0, 0.05) is 11.8 Å². The summed E-state index contributed by atoms with van der Waals surface area (Å²) in [5.41, 5.74) is 3.64. The Balaban J connectivity index is 1.95. The Labute approximate surface area is 180 Å². The average Bonchev–Trinajstić information content (AvgIpc) is 2.76. The molecule has 31 heavy (non-hydrogen) atoms. The second-order valence-corrected chi connectivity index (χ2v) is 7.20. The number of benzene rings is 2. The highest BCUT2D eigenvalue weighted by Gasteiger charge is 2.15. The molecule has 4 rings (SSSR count). The van der Waals surface area contributed by atoms with E-state index in [9.17, 15) is 9.90 Å². The van der Waals surface area contributed by atoms with Crippen molar-refractivity contribution >= 4 is 23.1 Å². The summed E-state index contributed by atoms with van der Waals surface area (Å²) in [5, 5.41) is 11.0. The predicted octanol–water partition coefficient (Wildman–Crippen LogP) is 4.67. The molecule has 0 unspecified atom stereocenters. The lowest BCUT2D eigenvalue weighted by atomic mass is 10.1. The second kappa shape index (κ2) is 8.44. The second-order valence-electron chi connectivity index (χ2n) is 7.20. The summed E-state index contributed by atoms with van der Waals surface area (Å²) >= 11 is 0. The summed E-state index contributed by atoms with van der Waals surface area (Å²) in [7, 11) is 0. The average molecular weight is 413 g/mol. The van der Waals surface area contributed by atoms with Crippen molar-refractivity contribution < 1.29 is 9.84 Å². The van der Waals surface area contributed by atoms with Gasteiger partial charge >= 0.3 is 0 Å². The first-order chi connectivity index (χ1) is 15.0. The van der Waals surface area contributed by atoms with E-state index in [1.54, 1.807) is 53.4 Å². The van der Waals surface area contributed by atoms with Gasteiger partial charge in [-0.25, -0.2) is 4.98 Å². The Morgan fingerprint density at radius 2 is 1.81 bits per heavy atom. The van der Waals surface area contributed by atoms with E-state index < -0.39 is 0 Å². The van der Waals surface area contributed by atoms with Gasteiger partial charge in [-0.05, 0) is 56.2 Å². The lowest BCUT2D eigenvalue weighted by Gasteiger charge is -2.16. The fraction of sp³-hybridized carbons (Fsp3) is 0.160. The first-order valence-corrected chi connectivity index (χ1v) is 10.1. The van der Waals surface area contributed by atoms with Crippen LogP contribution in [0.5, 0.6) is 11.5 Å². The molecule has 1 N–H and O–H groups in total. The van der Waals surface area contributed by atoms with Gasteiger partial charge in [-0.1, -0.05) is 30.3 Å². The standard InChI is InChI=1S/C25H23N3O3/c1-4-31-21-10-6-9-18(24(21)29)11-12-22-27-20-15-26-14-13-19(20)25(30)28(22)23-16(2)7-5-8-17(23)3/h5-15,29H,4H2,1-3H3/b12-11+. The largest absolute Gasteiger partial charge is 0.504 e. The highest BCUT2D eigenvalue weighted by Crippen LogP contribution is 2.31. The molecule has 0 aliphatic rings. The van der Waals surface area contributed by atoms with E-state index in [1.165, 1.54) is 0 Å². The number of aryl methyl sites for hydroxylation is 2. The van der Waals surface area contributed by atoms with Crippen LogP contribution in [0.3, 0.4) is 0 Å². The Kier molecular flexibility index (Phi) is 5.54. The number of aromatic hydroxyl groups is 1. The number of phenolic OH excluding ortho intramolecular Hbond substituents is 1. The molecule has 0 spiro atoms. The molecule has 0 radical (unpaired) electrons. The number of rotatable bonds is 5. The van der Waals surface area contributed by atoms with E-state index in [0.29, 0.717) is 34.6 Å². The number of pyridine rings is 1. The maximum Gasteiger partial charge on any atom is 0.266 e. The van der Waals surface area contributed by atoms with Crippen molar-refractivity contribution in [3.8, 4) is 17.2 Å². The third-order valence-electron chi connectivity index (χ3n) is 5.10. The minimum absolute atomic E-state index is 0.0454. The molecule has 0 fully saturated rings. The topological polar surface area (TPSA) is 77.2 Å². The molecule has 0 saturated heterocycles. The SMILES string of the molecule is CCOc1cccc(/C=C/c2nc3cnccc3c(=O)n2-c2c(C)cccc2C)c1O. The smallest absolute Gasteiger partial charge is 0.266 e. The van der Waals surface area contributed by atoms with Gasteiger partial charge in [0.1, 0.15) is 5.82 Å². The number of nitrogens with zero attached hydrogens (tertiary/aromatic N) is 3. The van der Waals surface area contributed by atoms with Gasteiger partial charge in [-0.2, -0.15) is 0 Å². The highest BCUT2D eigenvalue weighted by atomic mass is 16.5. The molecule has 6 nitrogen and oxygen atoms in total. The van der Waals surface area contributed by atoms with Crippen LogP contribution < -0.4 is 10.3 Å². The van der Waals surface area contributed by atoms with Crippen LogP contribution in [0.2, 0.25) is 0 Å². The van der Waals surface area contributed by atoms with Crippen LogP contribution in [0.1, 0.15) is 29.4 Å². The zero-order chi connectivity index (χ0) is 22.0. The van der Waals surface area contributed by atoms with Crippen molar-refractivity contribution in [1.29, 1.82) is 0 Å². The van der Waals surface area contributed by atoms with E-state index in [1.807, 2.05) is 39.0 Å². The molecule has 0 bridgehead atoms. The van der Waals surface area contributed by atoms with Crippen LogP contribution in [0.25, 0.3) is 28.7 Å². The molecular formula is C25H23N3O3. The Morgan fingerprint density at radius 3 is 2.55 bits per heavy atom. The first-order valence-electron chi connectivity index (χ1n) is 10.1. The van der Waals surface area contributed by atoms with Gasteiger partial charge in [0.2, 0.25) is 0 Å². The Bertz CT molecular complexity index is 1340. The molecule has 0 aliphatic carbocycles. The molecule has 0 atom stereocenters. The van der Waals surface area contributed by atoms with Gasteiger partial charge in [-0.3, -0.25) is 14.3 Å². The van der Waals surface area contributed by atoms with Crippen LogP contribution in [0.4, 0.5) is 0 Å². The number of phenols is 1. The fourth-order valence-corrected chi connectivity index (χ4v) is 3.65. The minimum Gasteiger partial charge on any atom is -0.504 e. The zero-order valence-electron chi connectivity index (χ0n) is 17.7. The van der Waals surface area contributed by atoms with Gasteiger partial charge in [0.05, 0.1) is 29.4 Å². The summed E-state index contributed by atoms with van der Waals surface area (Å²) in [6.45, 7) is 6.25. The van der Waals surface area contributed by atoms with Crippen molar-refractivity contribution in [3.05, 3.63) is 87.7 Å². The van der Waals surface area contributed by atoms with Crippen molar-refractivity contribution in [3.63, 3.8) is 0 Å². The van der Waals surface area contributed by atoms with Crippen LogP contribution in [0, 0.1) is 13.8 Å². The normalized spacial score (nSPS) is 11.3. The number of fused-ring (bicyclic) bond motifs is 1. The zero-order valence-corrected chi connectivity index (χ0v) is 17.7. The van der Waals surface area contributed by atoms with Crippen LogP contribution in [0.15, 0.2) is 59.7 Å². The van der Waals surface area contributed by atoms with Crippen molar-refractivity contribution in [2.75, 3.05) is 6.61 Å². The summed E-state index contributed by atoms with van der Waals surface area (Å²) in [6.07, 6.45) is 6.62. The highest BCUT2D eigenvalue weighted by molar-refractivity contribution is 5.80. The number of aromatic nitrogens is 3. The van der Waals surface area contributed by atoms with Crippen LogP contribution in [-0.4, -0.2) is 26.2 Å². The predicted molar refractivity (Wildman–Crippen MR) is 123 cm³/mol. The number of para-hydroxylation sites is 2. The van der Waals surface area contributed by atoms with Crippen molar-refractivity contribution in [2.45, 2.75) is 20.8 Å². The van der Waals surface area contributed by atoms with Crippen molar-refractivity contribution in [2.24, 2.45) is 0 Å². The van der Waals surface area contributed by atoms with E-state index in [4.69, 9.17) is 9.72 Å². The summed E-state index contributed by atoms with van der Waals surface area (Å²) in [4.78, 5) is 22.3. The van der Waals surface area contributed by atoms with Gasteiger partial charge < -0.3 is 9.84 Å². The lowest BCUT2D eigenvalue weighted by Crippen LogP contribution is -2.24. The maximum atomic E-state index is 13.5. The molecule has 2 aromatic carbocycles. The molecule has 4 aromatic rings. The molecule has 0 amide bonds. The molecule has 0 aliphatic heterocycles. The fourth-order valence-electron chi connectivity index (χ4n) is 3.65. The molecule has 2 heterocycles. The Morgan fingerprint density at radius 1 is 1.06 bits per heavy atom. The number of hydrogen-bond donors (Lipinski definition) is 1. The van der Waals surface area contributed by atoms with Crippen molar-refractivity contribution in [1.82, 2.24) is 14.5 Å². The Hall–Kier alpha value is -3.93. The van der Waals surface area contributed by atoms with Crippen LogP contribution >= 0.6 is 0 Å². The van der Waals surface area contributed by atoms with E-state index in [2.05, 4.69) is 4.98 Å². The summed E-state index contributed by atoms with van der Waals surface area (Å²) in [6, 6.07) is 12.9. The minimum atomic E-state index is -0.170. The third-order valence-corrected chi connectivity index (χ3v) is 5.10. The maximum absolute atomic E-state index is 13.5. The lowest BCUT2D eigenvalue weighted by molar-refractivity contribution is 0.318. The van der Waals surface area contributed by atoms with Gasteiger partial charge in [-0.15, -0.1) is 0 Å². The van der Waals surface area contributed by atoms with E-state index in [-0.39, 0.29) is 11.3 Å². The first kappa shape index (κ1) is 20.3. The monoisotopic (exact) mass is 413 g/mol. The molecule has 0 saturated carbocycles. The molecule has 156 valence electrons. The summed E-state index contributed by atoms with van der Waals surface area (Å²) in [5.74, 6) is 0.903. The quantitative estimate of drug-likeness (QED) is 0.514. The van der Waals surface area contributed by atoms with Gasteiger partial charge in [0.25, 0.3) is 5.56 Å². The van der Waals surface area contributed by atoms with E-state index in [0.717, 1.165) is 16.8 Å². The van der Waals surface area contributed by atoms with E-state index >= 15 is 0 Å². The third kappa shape index (κ3) is 3.80. The van der Waals surface area contributed by atoms with Gasteiger partial charge in [0.15, 0.2) is 11.5 Å². The molecular weight excluding hydrogens is 390 g/mol. The van der Waals surface area contributed by atoms with Crippen LogP contribution in [-0.2, 0) is 0 Å². The molecule has 2 aromatic heterocycles. The number of hydrogen-bond acceptors (Lipinski definition) is 5. The summed E-state index contributed by atoms with van der Waals surface area (Å²) < 4.78 is 7.09. The molecule has 6 heteroatoms.